The summed E-state index contributed by atoms with van der Waals surface area (Å²) in [7, 11) is 0. The number of aromatic hydroxyl groups is 1. The third-order valence-corrected chi connectivity index (χ3v) is 5.20. The highest BCUT2D eigenvalue weighted by Gasteiger charge is 2.25. The van der Waals surface area contributed by atoms with E-state index in [2.05, 4.69) is 0 Å². The molecule has 5 nitrogen and oxygen atoms in total. The summed E-state index contributed by atoms with van der Waals surface area (Å²) in [5.41, 5.74) is -0.197. The van der Waals surface area contributed by atoms with E-state index < -0.39 is 5.82 Å². The zero-order chi connectivity index (χ0) is 19.1. The van der Waals surface area contributed by atoms with Crippen LogP contribution in [0.3, 0.4) is 0 Å². The summed E-state index contributed by atoms with van der Waals surface area (Å²) in [5.74, 6) is 0.0303. The molecule has 1 aliphatic rings. The van der Waals surface area contributed by atoms with E-state index in [4.69, 9.17) is 27.9 Å². The lowest BCUT2D eigenvalue weighted by molar-refractivity contribution is 0.356. The molecule has 3 aromatic rings. The molecular formula is C19H15Cl2FN2O3. The van der Waals surface area contributed by atoms with Crippen molar-refractivity contribution in [2.24, 2.45) is 0 Å². The van der Waals surface area contributed by atoms with Gasteiger partial charge in [0, 0.05) is 18.7 Å². The van der Waals surface area contributed by atoms with E-state index in [-0.39, 0.29) is 38.4 Å². The zero-order valence-electron chi connectivity index (χ0n) is 14.1. The minimum Gasteiger partial charge on any atom is -0.508 e. The fourth-order valence-corrected chi connectivity index (χ4v) is 3.74. The second-order valence-corrected chi connectivity index (χ2v) is 7.05. The second kappa shape index (κ2) is 6.94. The van der Waals surface area contributed by atoms with Crippen LogP contribution in [0, 0.1) is 5.82 Å². The highest BCUT2D eigenvalue weighted by molar-refractivity contribution is 6.33. The zero-order valence-corrected chi connectivity index (χ0v) is 15.6. The standard InChI is InChI=1S/C19H15Cl2FN2O3/c20-14-10-15(22)13(9-16(14)27-12-5-3-11(25)4-6-12)17-18(21)23-7-1-2-8-24(23)19(17)26/h3-6,9-10,25H,1-2,7-8H2. The summed E-state index contributed by atoms with van der Waals surface area (Å²) in [6, 6.07) is 8.49. The van der Waals surface area contributed by atoms with Crippen molar-refractivity contribution in [2.45, 2.75) is 25.9 Å². The highest BCUT2D eigenvalue weighted by atomic mass is 35.5. The maximum absolute atomic E-state index is 14.6. The number of ether oxygens (including phenoxy) is 1. The molecule has 27 heavy (non-hydrogen) atoms. The topological polar surface area (TPSA) is 56.4 Å². The number of halogens is 3. The smallest absolute Gasteiger partial charge is 0.276 e. The van der Waals surface area contributed by atoms with E-state index in [1.807, 2.05) is 0 Å². The van der Waals surface area contributed by atoms with Crippen molar-refractivity contribution in [1.29, 1.82) is 0 Å². The van der Waals surface area contributed by atoms with Gasteiger partial charge in [-0.25, -0.2) is 9.07 Å². The average Bonchev–Trinajstić information content (AvgIpc) is 2.91. The minimum absolute atomic E-state index is 0.0394. The summed E-state index contributed by atoms with van der Waals surface area (Å²) in [6.07, 6.45) is 1.78. The van der Waals surface area contributed by atoms with Crippen molar-refractivity contribution in [2.75, 3.05) is 0 Å². The van der Waals surface area contributed by atoms with Gasteiger partial charge >= 0.3 is 0 Å². The molecule has 0 radical (unpaired) electrons. The molecule has 0 bridgehead atoms. The van der Waals surface area contributed by atoms with Gasteiger partial charge in [0.2, 0.25) is 0 Å². The van der Waals surface area contributed by atoms with Crippen molar-refractivity contribution in [3.63, 3.8) is 0 Å². The fourth-order valence-electron chi connectivity index (χ4n) is 3.19. The van der Waals surface area contributed by atoms with Crippen molar-refractivity contribution in [1.82, 2.24) is 9.36 Å². The van der Waals surface area contributed by atoms with Crippen LogP contribution in [-0.2, 0) is 13.1 Å². The lowest BCUT2D eigenvalue weighted by Crippen LogP contribution is -2.27. The average molecular weight is 409 g/mol. The van der Waals surface area contributed by atoms with Crippen LogP contribution in [0.4, 0.5) is 4.39 Å². The SMILES string of the molecule is O=c1c(-c2cc(Oc3ccc(O)cc3)c(Cl)cc2F)c(Cl)n2n1CCCC2. The van der Waals surface area contributed by atoms with E-state index in [0.717, 1.165) is 18.9 Å². The van der Waals surface area contributed by atoms with Gasteiger partial charge < -0.3 is 9.84 Å². The van der Waals surface area contributed by atoms with Crippen LogP contribution in [0.1, 0.15) is 12.8 Å². The first-order chi connectivity index (χ1) is 13.0. The molecule has 1 N–H and O–H groups in total. The number of hydrogen-bond acceptors (Lipinski definition) is 3. The van der Waals surface area contributed by atoms with Gasteiger partial charge in [0.1, 0.15) is 28.2 Å². The molecule has 1 aliphatic heterocycles. The predicted octanol–water partition coefficient (Wildman–Crippen LogP) is 5.05. The quantitative estimate of drug-likeness (QED) is 0.659. The maximum Gasteiger partial charge on any atom is 0.276 e. The van der Waals surface area contributed by atoms with Crippen molar-refractivity contribution in [3.8, 4) is 28.4 Å². The van der Waals surface area contributed by atoms with E-state index in [1.165, 1.54) is 22.9 Å². The molecule has 0 atom stereocenters. The molecule has 4 rings (SSSR count). The lowest BCUT2D eigenvalue weighted by Gasteiger charge is -2.17. The number of fused-ring (bicyclic) bond motifs is 1. The van der Waals surface area contributed by atoms with Crippen LogP contribution < -0.4 is 10.3 Å². The van der Waals surface area contributed by atoms with Gasteiger partial charge in [0.25, 0.3) is 5.56 Å². The Morgan fingerprint density at radius 2 is 1.70 bits per heavy atom. The molecular weight excluding hydrogens is 394 g/mol. The fraction of sp³-hybridized carbons (Fsp3) is 0.211. The van der Waals surface area contributed by atoms with Crippen LogP contribution in [0.5, 0.6) is 17.2 Å². The van der Waals surface area contributed by atoms with Crippen LogP contribution in [0.15, 0.2) is 41.2 Å². The summed E-state index contributed by atoms with van der Waals surface area (Å²) in [4.78, 5) is 12.8. The molecule has 0 amide bonds. The van der Waals surface area contributed by atoms with Gasteiger partial charge in [-0.2, -0.15) is 0 Å². The van der Waals surface area contributed by atoms with Crippen molar-refractivity contribution in [3.05, 3.63) is 62.7 Å². The highest BCUT2D eigenvalue weighted by Crippen LogP contribution is 2.37. The van der Waals surface area contributed by atoms with Crippen LogP contribution in [0.25, 0.3) is 11.1 Å². The summed E-state index contributed by atoms with van der Waals surface area (Å²) in [6.45, 7) is 1.16. The third kappa shape index (κ3) is 3.19. The number of phenols is 1. The number of benzene rings is 2. The Morgan fingerprint density at radius 3 is 2.37 bits per heavy atom. The molecule has 140 valence electrons. The summed E-state index contributed by atoms with van der Waals surface area (Å²) >= 11 is 12.5. The third-order valence-electron chi connectivity index (χ3n) is 4.52. The lowest BCUT2D eigenvalue weighted by atomic mass is 10.1. The first kappa shape index (κ1) is 17.9. The number of nitrogens with zero attached hydrogens (tertiary/aromatic N) is 2. The molecule has 0 aliphatic carbocycles. The van der Waals surface area contributed by atoms with Gasteiger partial charge in [0.15, 0.2) is 0 Å². The second-order valence-electron chi connectivity index (χ2n) is 6.28. The van der Waals surface area contributed by atoms with E-state index >= 15 is 0 Å². The normalized spacial score (nSPS) is 13.4. The Bertz CT molecular complexity index is 1070. The number of hydrogen-bond donors (Lipinski definition) is 1. The molecule has 0 saturated carbocycles. The van der Waals surface area contributed by atoms with Gasteiger partial charge in [-0.1, -0.05) is 23.2 Å². The maximum atomic E-state index is 14.6. The van der Waals surface area contributed by atoms with Gasteiger partial charge in [0.05, 0.1) is 10.6 Å². The Balaban J connectivity index is 1.81. The van der Waals surface area contributed by atoms with Gasteiger partial charge in [-0.3, -0.25) is 9.48 Å². The summed E-state index contributed by atoms with van der Waals surface area (Å²) < 4.78 is 23.6. The number of aromatic nitrogens is 2. The van der Waals surface area contributed by atoms with E-state index in [0.29, 0.717) is 18.8 Å². The van der Waals surface area contributed by atoms with Crippen LogP contribution in [0.2, 0.25) is 10.2 Å². The monoisotopic (exact) mass is 408 g/mol. The predicted molar refractivity (Wildman–Crippen MR) is 102 cm³/mol. The molecule has 8 heteroatoms. The number of rotatable bonds is 3. The molecule has 2 aromatic carbocycles. The van der Waals surface area contributed by atoms with E-state index in [9.17, 15) is 14.3 Å². The van der Waals surface area contributed by atoms with Crippen LogP contribution in [-0.4, -0.2) is 14.5 Å². The molecule has 2 heterocycles. The molecule has 0 saturated heterocycles. The summed E-state index contributed by atoms with van der Waals surface area (Å²) in [5, 5.41) is 9.63. The largest absolute Gasteiger partial charge is 0.508 e. The first-order valence-electron chi connectivity index (χ1n) is 8.41. The number of phenolic OH excluding ortho intramolecular Hbond substituents is 1. The first-order valence-corrected chi connectivity index (χ1v) is 9.16. The van der Waals surface area contributed by atoms with E-state index in [1.54, 1.807) is 16.8 Å². The van der Waals surface area contributed by atoms with Crippen molar-refractivity contribution < 1.29 is 14.2 Å². The molecule has 0 spiro atoms. The minimum atomic E-state index is -0.652. The van der Waals surface area contributed by atoms with Gasteiger partial charge in [-0.15, -0.1) is 0 Å². The molecule has 0 fully saturated rings. The van der Waals surface area contributed by atoms with Crippen LogP contribution >= 0.6 is 23.2 Å². The Hall–Kier alpha value is -2.44. The molecule has 1 aromatic heterocycles. The Kier molecular flexibility index (Phi) is 4.61. The Morgan fingerprint density at radius 1 is 1.04 bits per heavy atom. The molecule has 0 unspecified atom stereocenters. The Labute approximate surface area is 164 Å². The van der Waals surface area contributed by atoms with Gasteiger partial charge in [-0.05, 0) is 49.2 Å². The van der Waals surface area contributed by atoms with Crippen molar-refractivity contribution >= 4 is 23.2 Å².